The van der Waals surface area contributed by atoms with E-state index in [9.17, 15) is 4.79 Å². The number of nitrogens with zero attached hydrogens (tertiary/aromatic N) is 2. The van der Waals surface area contributed by atoms with E-state index in [1.54, 1.807) is 0 Å². The second kappa shape index (κ2) is 3.03. The molecule has 1 atom stereocenters. The van der Waals surface area contributed by atoms with Gasteiger partial charge in [0.25, 0.3) is 0 Å². The summed E-state index contributed by atoms with van der Waals surface area (Å²) in [5.74, 6) is 0.431. The molecule has 3 rings (SSSR count). The monoisotopic (exact) mass is 218 g/mol. The highest BCUT2D eigenvalue weighted by molar-refractivity contribution is 5.88. The van der Waals surface area contributed by atoms with E-state index in [4.69, 9.17) is 5.11 Å². The lowest BCUT2D eigenvalue weighted by Gasteiger charge is -2.04. The van der Waals surface area contributed by atoms with Crippen molar-refractivity contribution in [1.29, 1.82) is 0 Å². The van der Waals surface area contributed by atoms with E-state index in [2.05, 4.69) is 9.97 Å². The number of aromatic nitrogens is 2. The largest absolute Gasteiger partial charge is 0.478 e. The quantitative estimate of drug-likeness (QED) is 0.842. The van der Waals surface area contributed by atoms with Crippen LogP contribution >= 0.6 is 0 Å². The fourth-order valence-electron chi connectivity index (χ4n) is 2.47. The van der Waals surface area contributed by atoms with E-state index >= 15 is 0 Å². The molecule has 1 aromatic heterocycles. The smallest absolute Gasteiger partial charge is 0.339 e. The molecule has 1 spiro atoms. The van der Waals surface area contributed by atoms with Crippen LogP contribution in [0.15, 0.2) is 6.20 Å². The van der Waals surface area contributed by atoms with Gasteiger partial charge in [0.2, 0.25) is 0 Å². The molecule has 1 unspecified atom stereocenters. The van der Waals surface area contributed by atoms with Crippen LogP contribution in [0.25, 0.3) is 0 Å². The molecule has 0 radical (unpaired) electrons. The fourth-order valence-corrected chi connectivity index (χ4v) is 2.47. The normalized spacial score (nSPS) is 24.4. The van der Waals surface area contributed by atoms with Crippen LogP contribution in [0.2, 0.25) is 0 Å². The fraction of sp³-hybridized carbons (Fsp3) is 0.583. The molecule has 2 saturated carbocycles. The summed E-state index contributed by atoms with van der Waals surface area (Å²) in [6.07, 6.45) is 5.91. The van der Waals surface area contributed by atoms with Crippen LogP contribution in [-0.2, 0) is 6.42 Å². The molecule has 0 bridgehead atoms. The van der Waals surface area contributed by atoms with Crippen LogP contribution < -0.4 is 0 Å². The topological polar surface area (TPSA) is 63.1 Å². The Bertz CT molecular complexity index is 466. The second-order valence-corrected chi connectivity index (χ2v) is 4.87. The molecule has 0 saturated heterocycles. The van der Waals surface area contributed by atoms with Gasteiger partial charge in [-0.15, -0.1) is 0 Å². The highest BCUT2D eigenvalue weighted by Gasteiger charge is 2.64. The predicted octanol–water partition coefficient (Wildman–Crippen LogP) is 2.00. The van der Waals surface area contributed by atoms with Gasteiger partial charge in [-0.1, -0.05) is 6.92 Å². The van der Waals surface area contributed by atoms with E-state index in [0.717, 1.165) is 5.82 Å². The number of aryl methyl sites for hydroxylation is 1. The molecule has 0 aliphatic heterocycles. The minimum Gasteiger partial charge on any atom is -0.478 e. The minimum absolute atomic E-state index is 0.247. The molecule has 1 aromatic rings. The molecule has 2 aliphatic carbocycles. The molecule has 1 heterocycles. The zero-order chi connectivity index (χ0) is 11.3. The first-order valence-corrected chi connectivity index (χ1v) is 5.75. The molecule has 4 nitrogen and oxygen atoms in total. The van der Waals surface area contributed by atoms with Crippen molar-refractivity contribution in [3.05, 3.63) is 23.3 Å². The van der Waals surface area contributed by atoms with Gasteiger partial charge in [0.05, 0.1) is 11.3 Å². The first kappa shape index (κ1) is 9.75. The Morgan fingerprint density at radius 1 is 1.62 bits per heavy atom. The van der Waals surface area contributed by atoms with Crippen molar-refractivity contribution in [2.75, 3.05) is 0 Å². The molecular weight excluding hydrogens is 204 g/mol. The van der Waals surface area contributed by atoms with E-state index in [1.165, 1.54) is 25.5 Å². The Morgan fingerprint density at radius 3 is 2.88 bits per heavy atom. The molecule has 2 fully saturated rings. The molecule has 4 heteroatoms. The summed E-state index contributed by atoms with van der Waals surface area (Å²) in [6, 6.07) is 0. The third-order valence-electron chi connectivity index (χ3n) is 3.85. The van der Waals surface area contributed by atoms with Crippen LogP contribution in [0.4, 0.5) is 0 Å². The van der Waals surface area contributed by atoms with Gasteiger partial charge in [0.15, 0.2) is 0 Å². The van der Waals surface area contributed by atoms with Gasteiger partial charge in [-0.25, -0.2) is 14.8 Å². The van der Waals surface area contributed by atoms with E-state index < -0.39 is 5.97 Å². The molecule has 1 N–H and O–H groups in total. The number of carboxylic acid groups (broad SMARTS) is 1. The SMILES string of the molecule is CCc1nc(C2CC23CC3)ncc1C(=O)O. The lowest BCUT2D eigenvalue weighted by Crippen LogP contribution is -2.08. The van der Waals surface area contributed by atoms with Gasteiger partial charge in [-0.2, -0.15) is 0 Å². The summed E-state index contributed by atoms with van der Waals surface area (Å²) < 4.78 is 0. The molecule has 2 aliphatic rings. The van der Waals surface area contributed by atoms with Crippen molar-refractivity contribution in [1.82, 2.24) is 9.97 Å². The minimum atomic E-state index is -0.930. The highest BCUT2D eigenvalue weighted by Crippen LogP contribution is 2.74. The van der Waals surface area contributed by atoms with Crippen molar-refractivity contribution >= 4 is 5.97 Å². The van der Waals surface area contributed by atoms with Crippen molar-refractivity contribution in [2.45, 2.75) is 38.5 Å². The summed E-state index contributed by atoms with van der Waals surface area (Å²) in [5, 5.41) is 8.98. The molecule has 0 amide bonds. The van der Waals surface area contributed by atoms with Gasteiger partial charge in [-0.05, 0) is 31.1 Å². The Morgan fingerprint density at radius 2 is 2.38 bits per heavy atom. The molecular formula is C12H14N2O2. The molecule has 16 heavy (non-hydrogen) atoms. The first-order valence-electron chi connectivity index (χ1n) is 5.75. The maximum absolute atomic E-state index is 10.9. The Labute approximate surface area is 93.7 Å². The van der Waals surface area contributed by atoms with Crippen molar-refractivity contribution in [3.63, 3.8) is 0 Å². The Kier molecular flexibility index (Phi) is 1.85. The summed E-state index contributed by atoms with van der Waals surface area (Å²) in [5.41, 5.74) is 1.44. The van der Waals surface area contributed by atoms with E-state index in [-0.39, 0.29) is 5.56 Å². The van der Waals surface area contributed by atoms with Gasteiger partial charge < -0.3 is 5.11 Å². The van der Waals surface area contributed by atoms with Gasteiger partial charge >= 0.3 is 5.97 Å². The van der Waals surface area contributed by atoms with Crippen LogP contribution in [0, 0.1) is 5.41 Å². The number of hydrogen-bond acceptors (Lipinski definition) is 3. The van der Waals surface area contributed by atoms with Crippen molar-refractivity contribution in [3.8, 4) is 0 Å². The van der Waals surface area contributed by atoms with Crippen molar-refractivity contribution < 1.29 is 9.90 Å². The predicted molar refractivity (Wildman–Crippen MR) is 57.4 cm³/mol. The second-order valence-electron chi connectivity index (χ2n) is 4.87. The van der Waals surface area contributed by atoms with Crippen LogP contribution in [0.3, 0.4) is 0 Å². The average Bonchev–Trinajstić information content (AvgIpc) is 3.19. The number of carboxylic acids is 1. The Hall–Kier alpha value is -1.45. The first-order chi connectivity index (χ1) is 7.66. The number of rotatable bonds is 3. The number of carbonyl (C=O) groups is 1. The lowest BCUT2D eigenvalue weighted by molar-refractivity contribution is 0.0694. The summed E-state index contributed by atoms with van der Waals surface area (Å²) in [4.78, 5) is 19.6. The third-order valence-corrected chi connectivity index (χ3v) is 3.85. The lowest BCUT2D eigenvalue weighted by atomic mass is 10.2. The Balaban J connectivity index is 1.94. The maximum atomic E-state index is 10.9. The molecule has 0 aromatic carbocycles. The van der Waals surface area contributed by atoms with Crippen molar-refractivity contribution in [2.24, 2.45) is 5.41 Å². The number of hydrogen-bond donors (Lipinski definition) is 1. The van der Waals surface area contributed by atoms with Gasteiger partial charge in [0.1, 0.15) is 5.82 Å². The van der Waals surface area contributed by atoms with Crippen LogP contribution in [0.1, 0.15) is 54.0 Å². The average molecular weight is 218 g/mol. The van der Waals surface area contributed by atoms with Crippen LogP contribution in [-0.4, -0.2) is 21.0 Å². The third kappa shape index (κ3) is 1.32. The zero-order valence-electron chi connectivity index (χ0n) is 9.23. The van der Waals surface area contributed by atoms with Gasteiger partial charge in [0, 0.05) is 12.1 Å². The van der Waals surface area contributed by atoms with E-state index in [1.807, 2.05) is 6.92 Å². The number of aromatic carboxylic acids is 1. The van der Waals surface area contributed by atoms with Crippen LogP contribution in [0.5, 0.6) is 0 Å². The van der Waals surface area contributed by atoms with Gasteiger partial charge in [-0.3, -0.25) is 0 Å². The molecule has 84 valence electrons. The standard InChI is InChI=1S/C12H14N2O2/c1-2-9-7(11(15)16)6-13-10(14-9)8-5-12(8)3-4-12/h6,8H,2-5H2,1H3,(H,15,16). The maximum Gasteiger partial charge on any atom is 0.339 e. The van der Waals surface area contributed by atoms with E-state index in [0.29, 0.717) is 23.4 Å². The highest BCUT2D eigenvalue weighted by atomic mass is 16.4. The zero-order valence-corrected chi connectivity index (χ0v) is 9.23. The summed E-state index contributed by atoms with van der Waals surface area (Å²) in [6.45, 7) is 1.93. The summed E-state index contributed by atoms with van der Waals surface area (Å²) >= 11 is 0. The summed E-state index contributed by atoms with van der Waals surface area (Å²) in [7, 11) is 0.